The van der Waals surface area contributed by atoms with Crippen molar-refractivity contribution in [3.05, 3.63) is 60.2 Å². The summed E-state index contributed by atoms with van der Waals surface area (Å²) in [5.74, 6) is 1.87. The number of benzene rings is 1. The largest absolute Gasteiger partial charge is 0.497 e. The lowest BCUT2D eigenvalue weighted by Gasteiger charge is -2.13. The Morgan fingerprint density at radius 2 is 1.96 bits per heavy atom. The Morgan fingerprint density at radius 1 is 1.12 bits per heavy atom. The molecule has 6 heteroatoms. The van der Waals surface area contributed by atoms with E-state index in [9.17, 15) is 0 Å². The molecular formula is C18H20N4O2. The summed E-state index contributed by atoms with van der Waals surface area (Å²) in [7, 11) is 3.67. The van der Waals surface area contributed by atoms with E-state index >= 15 is 0 Å². The van der Waals surface area contributed by atoms with Gasteiger partial charge in [-0.05, 0) is 49.4 Å². The zero-order valence-electron chi connectivity index (χ0n) is 13.8. The molecule has 0 spiro atoms. The average Bonchev–Trinajstić information content (AvgIpc) is 3.09. The Balaban J connectivity index is 1.59. The standard InChI is InChI=1S/C18H20N4O2/c1-22(11-8-14-6-9-19-10-7-14)13-17-20-21-18(24-17)15-4-3-5-16(12-15)23-2/h3-7,9-10,12H,8,11,13H2,1-2H3. The van der Waals surface area contributed by atoms with E-state index in [2.05, 4.69) is 20.1 Å². The van der Waals surface area contributed by atoms with Gasteiger partial charge in [-0.15, -0.1) is 10.2 Å². The maximum absolute atomic E-state index is 5.76. The van der Waals surface area contributed by atoms with E-state index < -0.39 is 0 Å². The van der Waals surface area contributed by atoms with Crippen LogP contribution >= 0.6 is 0 Å². The molecule has 2 heterocycles. The molecule has 124 valence electrons. The minimum Gasteiger partial charge on any atom is -0.497 e. The third-order valence-electron chi connectivity index (χ3n) is 3.72. The Kier molecular flexibility index (Phi) is 5.18. The van der Waals surface area contributed by atoms with E-state index in [1.165, 1.54) is 5.56 Å². The SMILES string of the molecule is COc1cccc(-c2nnc(CN(C)CCc3ccncc3)o2)c1. The van der Waals surface area contributed by atoms with Crippen LogP contribution in [0.2, 0.25) is 0 Å². The van der Waals surface area contributed by atoms with Gasteiger partial charge in [0.15, 0.2) is 0 Å². The first-order valence-corrected chi connectivity index (χ1v) is 7.79. The van der Waals surface area contributed by atoms with Gasteiger partial charge in [-0.25, -0.2) is 0 Å². The molecule has 0 aliphatic rings. The summed E-state index contributed by atoms with van der Waals surface area (Å²) in [5.41, 5.74) is 2.12. The van der Waals surface area contributed by atoms with Gasteiger partial charge in [0.25, 0.3) is 0 Å². The van der Waals surface area contributed by atoms with Gasteiger partial charge >= 0.3 is 0 Å². The van der Waals surface area contributed by atoms with E-state index in [0.717, 1.165) is 24.3 Å². The summed E-state index contributed by atoms with van der Waals surface area (Å²) >= 11 is 0. The fraction of sp³-hybridized carbons (Fsp3) is 0.278. The van der Waals surface area contributed by atoms with Crippen molar-refractivity contribution >= 4 is 0 Å². The van der Waals surface area contributed by atoms with Crippen LogP contribution in [0.1, 0.15) is 11.5 Å². The minimum absolute atomic E-state index is 0.506. The first-order valence-electron chi connectivity index (χ1n) is 7.79. The molecule has 1 aromatic carbocycles. The lowest BCUT2D eigenvalue weighted by atomic mass is 10.2. The normalized spacial score (nSPS) is 11.0. The predicted octanol–water partition coefficient (Wildman–Crippen LogP) is 2.81. The molecule has 0 aliphatic carbocycles. The fourth-order valence-corrected chi connectivity index (χ4v) is 2.37. The zero-order valence-corrected chi connectivity index (χ0v) is 13.8. The summed E-state index contributed by atoms with van der Waals surface area (Å²) in [5, 5.41) is 8.26. The van der Waals surface area contributed by atoms with Crippen molar-refractivity contribution in [2.24, 2.45) is 0 Å². The first-order chi connectivity index (χ1) is 11.7. The highest BCUT2D eigenvalue weighted by Crippen LogP contribution is 2.22. The van der Waals surface area contributed by atoms with Crippen LogP contribution in [0.15, 0.2) is 53.2 Å². The molecular weight excluding hydrogens is 304 g/mol. The third-order valence-corrected chi connectivity index (χ3v) is 3.72. The summed E-state index contributed by atoms with van der Waals surface area (Å²) < 4.78 is 11.0. The van der Waals surface area contributed by atoms with Gasteiger partial charge in [0.1, 0.15) is 5.75 Å². The highest BCUT2D eigenvalue weighted by molar-refractivity contribution is 5.55. The Bertz CT molecular complexity index is 773. The van der Waals surface area contributed by atoms with Gasteiger partial charge in [-0.3, -0.25) is 9.88 Å². The van der Waals surface area contributed by atoms with Crippen molar-refractivity contribution in [2.45, 2.75) is 13.0 Å². The number of ether oxygens (including phenoxy) is 1. The fourth-order valence-electron chi connectivity index (χ4n) is 2.37. The second-order valence-corrected chi connectivity index (χ2v) is 5.58. The molecule has 0 N–H and O–H groups in total. The first kappa shape index (κ1) is 16.1. The summed E-state index contributed by atoms with van der Waals surface area (Å²) in [4.78, 5) is 6.18. The molecule has 0 atom stereocenters. The average molecular weight is 324 g/mol. The zero-order chi connectivity index (χ0) is 16.8. The van der Waals surface area contributed by atoms with Gasteiger partial charge in [0, 0.05) is 24.5 Å². The maximum atomic E-state index is 5.76. The molecule has 0 saturated carbocycles. The van der Waals surface area contributed by atoms with E-state index in [-0.39, 0.29) is 0 Å². The number of likely N-dealkylation sites (N-methyl/N-ethyl adjacent to an activating group) is 1. The van der Waals surface area contributed by atoms with Crippen LogP contribution in [-0.4, -0.2) is 40.8 Å². The molecule has 24 heavy (non-hydrogen) atoms. The molecule has 0 saturated heterocycles. The van der Waals surface area contributed by atoms with E-state index in [1.54, 1.807) is 7.11 Å². The quantitative estimate of drug-likeness (QED) is 0.666. The topological polar surface area (TPSA) is 64.3 Å². The van der Waals surface area contributed by atoms with Crippen molar-refractivity contribution in [3.8, 4) is 17.2 Å². The van der Waals surface area contributed by atoms with Gasteiger partial charge < -0.3 is 9.15 Å². The Morgan fingerprint density at radius 3 is 2.75 bits per heavy atom. The number of hydrogen-bond donors (Lipinski definition) is 0. The molecule has 6 nitrogen and oxygen atoms in total. The summed E-state index contributed by atoms with van der Waals surface area (Å²) in [6, 6.07) is 11.6. The van der Waals surface area contributed by atoms with Crippen molar-refractivity contribution in [1.29, 1.82) is 0 Å². The molecule has 0 unspecified atom stereocenters. The van der Waals surface area contributed by atoms with Crippen molar-refractivity contribution in [3.63, 3.8) is 0 Å². The Hall–Kier alpha value is -2.73. The molecule has 3 rings (SSSR count). The number of rotatable bonds is 7. The number of methoxy groups -OCH3 is 1. The van der Waals surface area contributed by atoms with E-state index in [4.69, 9.17) is 9.15 Å². The predicted molar refractivity (Wildman–Crippen MR) is 90.6 cm³/mol. The highest BCUT2D eigenvalue weighted by Gasteiger charge is 2.11. The van der Waals surface area contributed by atoms with Crippen LogP contribution in [0.25, 0.3) is 11.5 Å². The molecule has 0 aliphatic heterocycles. The lowest BCUT2D eigenvalue weighted by molar-refractivity contribution is 0.293. The molecule has 0 amide bonds. The minimum atomic E-state index is 0.506. The number of aromatic nitrogens is 3. The number of nitrogens with zero attached hydrogens (tertiary/aromatic N) is 4. The van der Waals surface area contributed by atoms with Crippen LogP contribution in [0, 0.1) is 0 Å². The molecule has 0 fully saturated rings. The van der Waals surface area contributed by atoms with Crippen LogP contribution < -0.4 is 4.74 Å². The monoisotopic (exact) mass is 324 g/mol. The van der Waals surface area contributed by atoms with Crippen LogP contribution in [0.4, 0.5) is 0 Å². The van der Waals surface area contributed by atoms with Crippen LogP contribution in [0.3, 0.4) is 0 Å². The van der Waals surface area contributed by atoms with Crippen molar-refractivity contribution in [1.82, 2.24) is 20.1 Å². The third kappa shape index (κ3) is 4.17. The van der Waals surface area contributed by atoms with Gasteiger partial charge in [0.2, 0.25) is 11.8 Å². The van der Waals surface area contributed by atoms with Crippen LogP contribution in [0.5, 0.6) is 5.75 Å². The van der Waals surface area contributed by atoms with Crippen molar-refractivity contribution in [2.75, 3.05) is 20.7 Å². The second-order valence-electron chi connectivity index (χ2n) is 5.58. The smallest absolute Gasteiger partial charge is 0.247 e. The molecule has 0 bridgehead atoms. The molecule has 0 radical (unpaired) electrons. The molecule has 3 aromatic rings. The van der Waals surface area contributed by atoms with Crippen molar-refractivity contribution < 1.29 is 9.15 Å². The number of pyridine rings is 1. The van der Waals surface area contributed by atoms with E-state index in [0.29, 0.717) is 18.3 Å². The number of hydrogen-bond acceptors (Lipinski definition) is 6. The second kappa shape index (κ2) is 7.70. The van der Waals surface area contributed by atoms with E-state index in [1.807, 2.05) is 55.8 Å². The van der Waals surface area contributed by atoms with Gasteiger partial charge in [-0.2, -0.15) is 0 Å². The van der Waals surface area contributed by atoms with Gasteiger partial charge in [0.05, 0.1) is 13.7 Å². The highest BCUT2D eigenvalue weighted by atomic mass is 16.5. The Labute approximate surface area is 141 Å². The van der Waals surface area contributed by atoms with Crippen LogP contribution in [-0.2, 0) is 13.0 Å². The van der Waals surface area contributed by atoms with Gasteiger partial charge in [-0.1, -0.05) is 6.07 Å². The maximum Gasteiger partial charge on any atom is 0.247 e. The summed E-state index contributed by atoms with van der Waals surface area (Å²) in [6.45, 7) is 1.52. The molecule has 2 aromatic heterocycles. The summed E-state index contributed by atoms with van der Waals surface area (Å²) in [6.07, 6.45) is 4.58. The lowest BCUT2D eigenvalue weighted by Crippen LogP contribution is -2.20.